The van der Waals surface area contributed by atoms with Gasteiger partial charge in [-0.1, -0.05) is 18.2 Å². The van der Waals surface area contributed by atoms with Crippen LogP contribution in [0.2, 0.25) is 0 Å². The summed E-state index contributed by atoms with van der Waals surface area (Å²) in [5.74, 6) is -0.333. The molecule has 2 aliphatic heterocycles. The number of likely N-dealkylation sites (N-methyl/N-ethyl adjacent to an activating group) is 2. The molecule has 0 bridgehead atoms. The Morgan fingerprint density at radius 2 is 2.03 bits per heavy atom. The maximum atomic E-state index is 13.2. The molecule has 0 atom stereocenters. The van der Waals surface area contributed by atoms with Crippen LogP contribution in [-0.4, -0.2) is 64.4 Å². The minimum Gasteiger partial charge on any atom is -0.332 e. The second-order valence-corrected chi connectivity index (χ2v) is 8.66. The number of amides is 3. The molecule has 4 heterocycles. The van der Waals surface area contributed by atoms with E-state index in [0.717, 1.165) is 21.3 Å². The van der Waals surface area contributed by atoms with Crippen LogP contribution in [0.4, 0.5) is 5.00 Å². The molecule has 8 nitrogen and oxygen atoms in total. The predicted molar refractivity (Wildman–Crippen MR) is 114 cm³/mol. The molecule has 0 radical (unpaired) electrons. The Kier molecular flexibility index (Phi) is 4.35. The summed E-state index contributed by atoms with van der Waals surface area (Å²) in [7, 11) is 1.66. The molecule has 2 aliphatic rings. The predicted octanol–water partition coefficient (Wildman–Crippen LogP) is 2.26. The fourth-order valence-corrected chi connectivity index (χ4v) is 5.67. The van der Waals surface area contributed by atoms with Crippen molar-refractivity contribution in [3.8, 4) is 0 Å². The number of carbonyl (C=O) groups excluding carboxylic acids is 3. The quantitative estimate of drug-likeness (QED) is 0.685. The van der Waals surface area contributed by atoms with E-state index in [1.807, 2.05) is 31.2 Å². The Labute approximate surface area is 177 Å². The SMILES string of the molecule is CCN1C(=O)CN(C)C(=O)c2c1sc1c2CCN(C(=O)c2n[nH]c3ccccc23)C1. The van der Waals surface area contributed by atoms with Crippen LogP contribution in [0.5, 0.6) is 0 Å². The molecule has 3 amide bonds. The molecular formula is C21H21N5O3S. The summed E-state index contributed by atoms with van der Waals surface area (Å²) in [6.07, 6.45) is 0.584. The van der Waals surface area contributed by atoms with Gasteiger partial charge >= 0.3 is 0 Å². The highest BCUT2D eigenvalue weighted by Gasteiger charge is 2.37. The van der Waals surface area contributed by atoms with Gasteiger partial charge in [0.25, 0.3) is 11.8 Å². The molecule has 0 fully saturated rings. The van der Waals surface area contributed by atoms with E-state index in [1.165, 1.54) is 16.2 Å². The number of anilines is 1. The summed E-state index contributed by atoms with van der Waals surface area (Å²) < 4.78 is 0. The number of H-pyrrole nitrogens is 1. The number of carbonyl (C=O) groups is 3. The number of hydrogen-bond acceptors (Lipinski definition) is 5. The van der Waals surface area contributed by atoms with Crippen molar-refractivity contribution in [3.63, 3.8) is 0 Å². The number of thiophene rings is 1. The fourth-order valence-electron chi connectivity index (χ4n) is 4.23. The monoisotopic (exact) mass is 423 g/mol. The Morgan fingerprint density at radius 3 is 2.83 bits per heavy atom. The van der Waals surface area contributed by atoms with E-state index in [1.54, 1.807) is 16.8 Å². The van der Waals surface area contributed by atoms with Crippen molar-refractivity contribution in [1.29, 1.82) is 0 Å². The van der Waals surface area contributed by atoms with Crippen molar-refractivity contribution in [2.75, 3.05) is 31.6 Å². The number of para-hydroxylation sites is 1. The normalized spacial score (nSPS) is 16.7. The second-order valence-electron chi connectivity index (χ2n) is 7.58. The zero-order valence-corrected chi connectivity index (χ0v) is 17.6. The molecule has 2 aromatic heterocycles. The van der Waals surface area contributed by atoms with Crippen molar-refractivity contribution < 1.29 is 14.4 Å². The third kappa shape index (κ3) is 2.72. The maximum absolute atomic E-state index is 13.2. The molecule has 154 valence electrons. The number of nitrogens with zero attached hydrogens (tertiary/aromatic N) is 4. The summed E-state index contributed by atoms with van der Waals surface area (Å²) in [6.45, 7) is 3.42. The first kappa shape index (κ1) is 18.8. The van der Waals surface area contributed by atoms with Gasteiger partial charge in [-0.2, -0.15) is 5.10 Å². The fraction of sp³-hybridized carbons (Fsp3) is 0.333. The maximum Gasteiger partial charge on any atom is 0.275 e. The largest absolute Gasteiger partial charge is 0.332 e. The van der Waals surface area contributed by atoms with Gasteiger partial charge in [0, 0.05) is 30.4 Å². The molecule has 3 aromatic rings. The number of rotatable bonds is 2. The lowest BCUT2D eigenvalue weighted by atomic mass is 10.0. The Morgan fingerprint density at radius 1 is 1.23 bits per heavy atom. The van der Waals surface area contributed by atoms with E-state index >= 15 is 0 Å². The number of benzene rings is 1. The van der Waals surface area contributed by atoms with E-state index < -0.39 is 0 Å². The van der Waals surface area contributed by atoms with Crippen molar-refractivity contribution in [1.82, 2.24) is 20.0 Å². The first-order chi connectivity index (χ1) is 14.5. The molecule has 0 saturated carbocycles. The Balaban J connectivity index is 1.51. The first-order valence-corrected chi connectivity index (χ1v) is 10.7. The van der Waals surface area contributed by atoms with Crippen LogP contribution in [-0.2, 0) is 17.8 Å². The van der Waals surface area contributed by atoms with Crippen LogP contribution in [0.1, 0.15) is 38.2 Å². The molecule has 0 aliphatic carbocycles. The molecular weight excluding hydrogens is 402 g/mol. The highest BCUT2D eigenvalue weighted by atomic mass is 32.1. The molecule has 1 N–H and O–H groups in total. The minimum atomic E-state index is -0.131. The summed E-state index contributed by atoms with van der Waals surface area (Å²) in [5, 5.41) is 8.66. The van der Waals surface area contributed by atoms with Gasteiger partial charge in [0.05, 0.1) is 17.6 Å². The minimum absolute atomic E-state index is 0.0818. The molecule has 5 rings (SSSR count). The van der Waals surface area contributed by atoms with E-state index in [-0.39, 0.29) is 24.3 Å². The molecule has 1 aromatic carbocycles. The third-order valence-corrected chi connectivity index (χ3v) is 7.03. The van der Waals surface area contributed by atoms with Gasteiger partial charge in [0.1, 0.15) is 11.5 Å². The lowest BCUT2D eigenvalue weighted by Crippen LogP contribution is -2.38. The molecule has 0 saturated heterocycles. The van der Waals surface area contributed by atoms with Crippen molar-refractivity contribution in [2.24, 2.45) is 0 Å². The van der Waals surface area contributed by atoms with Crippen LogP contribution < -0.4 is 4.90 Å². The zero-order chi connectivity index (χ0) is 21.0. The van der Waals surface area contributed by atoms with Gasteiger partial charge in [-0.25, -0.2) is 0 Å². The first-order valence-electron chi connectivity index (χ1n) is 9.92. The number of nitrogens with one attached hydrogen (secondary N) is 1. The van der Waals surface area contributed by atoms with E-state index in [0.29, 0.717) is 42.3 Å². The molecule has 0 spiro atoms. The smallest absolute Gasteiger partial charge is 0.275 e. The second kappa shape index (κ2) is 6.94. The average Bonchev–Trinajstić information content (AvgIpc) is 3.32. The lowest BCUT2D eigenvalue weighted by molar-refractivity contribution is -0.118. The van der Waals surface area contributed by atoms with E-state index in [4.69, 9.17) is 0 Å². The Bertz CT molecular complexity index is 1200. The van der Waals surface area contributed by atoms with Gasteiger partial charge < -0.3 is 14.7 Å². The Hall–Kier alpha value is -3.20. The van der Waals surface area contributed by atoms with Crippen LogP contribution in [0.3, 0.4) is 0 Å². The highest BCUT2D eigenvalue weighted by Crippen LogP contribution is 2.41. The highest BCUT2D eigenvalue weighted by molar-refractivity contribution is 7.17. The van der Waals surface area contributed by atoms with Gasteiger partial charge in [-0.3, -0.25) is 19.5 Å². The van der Waals surface area contributed by atoms with Gasteiger partial charge in [-0.15, -0.1) is 11.3 Å². The van der Waals surface area contributed by atoms with Gasteiger partial charge in [0.15, 0.2) is 5.69 Å². The summed E-state index contributed by atoms with van der Waals surface area (Å²) >= 11 is 1.45. The molecule has 30 heavy (non-hydrogen) atoms. The van der Waals surface area contributed by atoms with Crippen molar-refractivity contribution >= 4 is 45.0 Å². The number of fused-ring (bicyclic) bond motifs is 4. The van der Waals surface area contributed by atoms with Crippen LogP contribution in [0, 0.1) is 0 Å². The number of aromatic nitrogens is 2. The standard InChI is InChI=1S/C21H21N5O3S/c1-3-26-16(27)11-24(2)19(28)17-13-8-9-25(10-15(13)30-21(17)26)20(29)18-12-6-4-5-7-14(12)22-23-18/h4-7H,3,8-11H2,1-2H3,(H,22,23). The summed E-state index contributed by atoms with van der Waals surface area (Å²) in [4.78, 5) is 44.7. The van der Waals surface area contributed by atoms with Gasteiger partial charge in [0.2, 0.25) is 5.91 Å². The molecule has 9 heteroatoms. The van der Waals surface area contributed by atoms with Crippen LogP contribution in [0.15, 0.2) is 24.3 Å². The van der Waals surface area contributed by atoms with Crippen molar-refractivity contribution in [2.45, 2.75) is 19.9 Å². The third-order valence-electron chi connectivity index (χ3n) is 5.79. The van der Waals surface area contributed by atoms with Crippen molar-refractivity contribution in [3.05, 3.63) is 46.0 Å². The summed E-state index contributed by atoms with van der Waals surface area (Å²) in [5.41, 5.74) is 2.83. The summed E-state index contributed by atoms with van der Waals surface area (Å²) in [6, 6.07) is 7.56. The van der Waals surface area contributed by atoms with Gasteiger partial charge in [-0.05, 0) is 25.0 Å². The topological polar surface area (TPSA) is 89.6 Å². The zero-order valence-electron chi connectivity index (χ0n) is 16.8. The van der Waals surface area contributed by atoms with Crippen LogP contribution in [0.25, 0.3) is 10.9 Å². The lowest BCUT2D eigenvalue weighted by Gasteiger charge is -2.27. The van der Waals surface area contributed by atoms with E-state index in [2.05, 4.69) is 10.2 Å². The average molecular weight is 423 g/mol. The molecule has 0 unspecified atom stereocenters. The van der Waals surface area contributed by atoms with Crippen LogP contribution >= 0.6 is 11.3 Å². The van der Waals surface area contributed by atoms with E-state index in [9.17, 15) is 14.4 Å². The number of aromatic amines is 1. The number of hydrogen-bond donors (Lipinski definition) is 1.